The monoisotopic (exact) mass is 274 g/mol. The van der Waals surface area contributed by atoms with Gasteiger partial charge in [0.15, 0.2) is 0 Å². The van der Waals surface area contributed by atoms with Crippen LogP contribution >= 0.6 is 11.6 Å². The van der Waals surface area contributed by atoms with Crippen LogP contribution in [0.5, 0.6) is 0 Å². The Balaban J connectivity index is 2.72. The fourth-order valence-corrected chi connectivity index (χ4v) is 2.87. The Bertz CT molecular complexity index is 419. The maximum Gasteiger partial charge on any atom is 0.144 e. The highest BCUT2D eigenvalue weighted by molar-refractivity contribution is 7.71. The average Bonchev–Trinajstić information content (AvgIpc) is 2.28. The average molecular weight is 275 g/mol. The lowest BCUT2D eigenvalue weighted by atomic mass is 10.0. The Morgan fingerprint density at radius 1 is 1.18 bits per heavy atom. The molecule has 0 fully saturated rings. The van der Waals surface area contributed by atoms with Crippen LogP contribution in [-0.4, -0.2) is 8.42 Å². The normalized spacial score (nSPS) is 11.0. The molecule has 0 atom stereocenters. The van der Waals surface area contributed by atoms with Gasteiger partial charge in [-0.2, -0.15) is 0 Å². The van der Waals surface area contributed by atoms with Crippen molar-refractivity contribution in [3.8, 4) is 0 Å². The maximum absolute atomic E-state index is 10.8. The van der Waals surface area contributed by atoms with Crippen molar-refractivity contribution in [1.82, 2.24) is 0 Å². The number of unbranched alkanes of at least 4 members (excludes halogenated alkanes) is 3. The van der Waals surface area contributed by atoms with Crippen LogP contribution in [0.25, 0.3) is 0 Å². The smallest absolute Gasteiger partial charge is 0.144 e. The standard InChI is InChI=1S/C13H19ClO2S/c1-2-3-4-5-7-11-8-6-9-13(14)12(11)10-17(15)16/h6,8-9,17H,2-5,7,10H2,1H3. The molecule has 0 radical (unpaired) electrons. The summed E-state index contributed by atoms with van der Waals surface area (Å²) in [5.74, 6) is 0.0537. The predicted octanol–water partition coefficient (Wildman–Crippen LogP) is 3.57. The van der Waals surface area contributed by atoms with Crippen molar-refractivity contribution in [1.29, 1.82) is 0 Å². The van der Waals surface area contributed by atoms with Crippen LogP contribution in [0.3, 0.4) is 0 Å². The molecule has 0 saturated heterocycles. The number of thiol groups is 1. The summed E-state index contributed by atoms with van der Waals surface area (Å²) in [6.07, 6.45) is 5.63. The minimum Gasteiger partial charge on any atom is -0.232 e. The van der Waals surface area contributed by atoms with Gasteiger partial charge in [-0.25, -0.2) is 8.42 Å². The van der Waals surface area contributed by atoms with Crippen molar-refractivity contribution in [3.63, 3.8) is 0 Å². The molecule has 0 amide bonds. The number of halogens is 1. The first-order valence-corrected chi connectivity index (χ1v) is 7.77. The van der Waals surface area contributed by atoms with Crippen molar-refractivity contribution in [2.24, 2.45) is 0 Å². The molecule has 0 spiro atoms. The van der Waals surface area contributed by atoms with Crippen molar-refractivity contribution < 1.29 is 8.42 Å². The summed E-state index contributed by atoms with van der Waals surface area (Å²) in [4.78, 5) is 0. The number of hydrogen-bond donors (Lipinski definition) is 1. The van der Waals surface area contributed by atoms with Crippen LogP contribution in [0.2, 0.25) is 5.02 Å². The van der Waals surface area contributed by atoms with Gasteiger partial charge in [0.2, 0.25) is 0 Å². The second-order valence-electron chi connectivity index (χ2n) is 4.18. The summed E-state index contributed by atoms with van der Waals surface area (Å²) in [5, 5.41) is 0.567. The molecule has 0 aliphatic rings. The third-order valence-corrected chi connectivity index (χ3v) is 3.73. The first-order chi connectivity index (χ1) is 8.15. The van der Waals surface area contributed by atoms with Gasteiger partial charge < -0.3 is 0 Å². The second-order valence-corrected chi connectivity index (χ2v) is 5.57. The van der Waals surface area contributed by atoms with E-state index in [1.54, 1.807) is 6.07 Å². The molecule has 2 nitrogen and oxygen atoms in total. The summed E-state index contributed by atoms with van der Waals surface area (Å²) >= 11 is 6.05. The molecule has 1 aromatic carbocycles. The first-order valence-electron chi connectivity index (χ1n) is 6.03. The van der Waals surface area contributed by atoms with Gasteiger partial charge in [-0.05, 0) is 30.0 Å². The van der Waals surface area contributed by atoms with E-state index in [1.165, 1.54) is 19.3 Å². The van der Waals surface area contributed by atoms with E-state index in [9.17, 15) is 8.42 Å². The molecule has 0 bridgehead atoms. The molecule has 0 aliphatic carbocycles. The highest BCUT2D eigenvalue weighted by Gasteiger charge is 2.07. The van der Waals surface area contributed by atoms with Gasteiger partial charge >= 0.3 is 0 Å². The van der Waals surface area contributed by atoms with Crippen LogP contribution in [0.4, 0.5) is 0 Å². The highest BCUT2D eigenvalue weighted by atomic mass is 35.5. The molecule has 4 heteroatoms. The van der Waals surface area contributed by atoms with Gasteiger partial charge in [0.05, 0.1) is 5.75 Å². The molecule has 1 rings (SSSR count). The SMILES string of the molecule is CCCCCCc1cccc(Cl)c1C[SH](=O)=O. The van der Waals surface area contributed by atoms with Crippen LogP contribution in [0.1, 0.15) is 43.7 Å². The summed E-state index contributed by atoms with van der Waals surface area (Å²) < 4.78 is 21.7. The molecular formula is C13H19ClO2S. The lowest BCUT2D eigenvalue weighted by Crippen LogP contribution is -1.97. The summed E-state index contributed by atoms with van der Waals surface area (Å²) in [6, 6.07) is 5.62. The molecule has 0 N–H and O–H groups in total. The van der Waals surface area contributed by atoms with E-state index in [4.69, 9.17) is 11.6 Å². The highest BCUT2D eigenvalue weighted by Crippen LogP contribution is 2.22. The zero-order chi connectivity index (χ0) is 12.7. The molecule has 0 heterocycles. The molecule has 0 aliphatic heterocycles. The van der Waals surface area contributed by atoms with Crippen LogP contribution < -0.4 is 0 Å². The largest absolute Gasteiger partial charge is 0.232 e. The van der Waals surface area contributed by atoms with Gasteiger partial charge in [0.1, 0.15) is 10.7 Å². The summed E-state index contributed by atoms with van der Waals surface area (Å²) in [5.41, 5.74) is 1.86. The Morgan fingerprint density at radius 3 is 2.59 bits per heavy atom. The van der Waals surface area contributed by atoms with E-state index >= 15 is 0 Å². The van der Waals surface area contributed by atoms with Crippen molar-refractivity contribution in [2.75, 3.05) is 0 Å². The lowest BCUT2D eigenvalue weighted by molar-refractivity contribution is 0.613. The fraction of sp³-hybridized carbons (Fsp3) is 0.538. The predicted molar refractivity (Wildman–Crippen MR) is 73.3 cm³/mol. The van der Waals surface area contributed by atoms with Gasteiger partial charge in [0.25, 0.3) is 0 Å². The van der Waals surface area contributed by atoms with Crippen molar-refractivity contribution in [2.45, 2.75) is 44.8 Å². The van der Waals surface area contributed by atoms with Crippen LogP contribution in [0.15, 0.2) is 18.2 Å². The number of hydrogen-bond acceptors (Lipinski definition) is 2. The molecule has 0 aromatic heterocycles. The molecule has 17 heavy (non-hydrogen) atoms. The Kier molecular flexibility index (Phi) is 6.60. The molecule has 96 valence electrons. The van der Waals surface area contributed by atoms with E-state index in [1.807, 2.05) is 12.1 Å². The van der Waals surface area contributed by atoms with E-state index in [-0.39, 0.29) is 5.75 Å². The molecule has 0 unspecified atom stereocenters. The van der Waals surface area contributed by atoms with Crippen LogP contribution in [-0.2, 0) is 22.9 Å². The van der Waals surface area contributed by atoms with Gasteiger partial charge in [0, 0.05) is 5.02 Å². The third-order valence-electron chi connectivity index (χ3n) is 2.80. The summed E-state index contributed by atoms with van der Waals surface area (Å²) in [6.45, 7) is 2.17. The summed E-state index contributed by atoms with van der Waals surface area (Å²) in [7, 11) is -2.42. The molecule has 0 saturated carbocycles. The quantitative estimate of drug-likeness (QED) is 0.609. The van der Waals surface area contributed by atoms with Gasteiger partial charge in [-0.15, -0.1) is 0 Å². The van der Waals surface area contributed by atoms with Gasteiger partial charge in [-0.3, -0.25) is 0 Å². The van der Waals surface area contributed by atoms with Gasteiger partial charge in [-0.1, -0.05) is 49.9 Å². The van der Waals surface area contributed by atoms with Crippen LogP contribution in [0, 0.1) is 0 Å². The molecule has 1 aromatic rings. The van der Waals surface area contributed by atoms with E-state index in [2.05, 4.69) is 6.92 Å². The lowest BCUT2D eigenvalue weighted by Gasteiger charge is -2.08. The third kappa shape index (κ3) is 5.09. The minimum absolute atomic E-state index is 0.0537. The number of benzene rings is 1. The Hall–Kier alpha value is -0.540. The Labute approximate surface area is 110 Å². The van der Waals surface area contributed by atoms with E-state index < -0.39 is 10.7 Å². The second kappa shape index (κ2) is 7.72. The Morgan fingerprint density at radius 2 is 1.94 bits per heavy atom. The number of aryl methyl sites for hydroxylation is 1. The topological polar surface area (TPSA) is 34.1 Å². The number of rotatable bonds is 7. The van der Waals surface area contributed by atoms with E-state index in [0.29, 0.717) is 5.02 Å². The van der Waals surface area contributed by atoms with E-state index in [0.717, 1.165) is 24.0 Å². The minimum atomic E-state index is -2.42. The zero-order valence-corrected chi connectivity index (χ0v) is 11.8. The van der Waals surface area contributed by atoms with Crippen molar-refractivity contribution in [3.05, 3.63) is 34.3 Å². The first kappa shape index (κ1) is 14.5. The van der Waals surface area contributed by atoms with Crippen molar-refractivity contribution >= 4 is 22.3 Å². The maximum atomic E-state index is 10.8. The zero-order valence-electron chi connectivity index (χ0n) is 10.1. The molecular weight excluding hydrogens is 256 g/mol. The fourth-order valence-electron chi connectivity index (χ4n) is 1.89.